The van der Waals surface area contributed by atoms with E-state index in [1.54, 1.807) is 7.11 Å². The molecule has 1 aliphatic carbocycles. The van der Waals surface area contributed by atoms with Crippen LogP contribution in [0.4, 0.5) is 10.3 Å². The molecule has 0 bridgehead atoms. The van der Waals surface area contributed by atoms with Crippen molar-refractivity contribution in [2.24, 2.45) is 0 Å². The van der Waals surface area contributed by atoms with Gasteiger partial charge in [0.2, 0.25) is 5.95 Å². The molecule has 0 spiro atoms. The minimum Gasteiger partial charge on any atom is -0.383 e. The van der Waals surface area contributed by atoms with Gasteiger partial charge < -0.3 is 10.1 Å². The lowest BCUT2D eigenvalue weighted by atomic mass is 9.78. The molecule has 132 valence electrons. The largest absolute Gasteiger partial charge is 0.383 e. The third-order valence-electron chi connectivity index (χ3n) is 4.74. The van der Waals surface area contributed by atoms with Crippen molar-refractivity contribution in [3.63, 3.8) is 0 Å². The maximum Gasteiger partial charge on any atom is 0.223 e. The normalized spacial score (nSPS) is 15.2. The number of hydrogen-bond donors (Lipinski definition) is 1. The number of rotatable bonds is 5. The second-order valence-electron chi connectivity index (χ2n) is 6.38. The molecule has 4 nitrogen and oxygen atoms in total. The SMILES string of the molecule is COCCNc1ncc2c(n1)-c1ccccc1C(c1ccc(F)cc1)C2. The fourth-order valence-electron chi connectivity index (χ4n) is 3.48. The van der Waals surface area contributed by atoms with E-state index in [9.17, 15) is 4.39 Å². The molecule has 0 fully saturated rings. The lowest BCUT2D eigenvalue weighted by Crippen LogP contribution is -2.16. The highest BCUT2D eigenvalue weighted by atomic mass is 19.1. The van der Waals surface area contributed by atoms with E-state index in [0.29, 0.717) is 19.1 Å². The molecule has 4 rings (SSSR count). The van der Waals surface area contributed by atoms with Gasteiger partial charge in [-0.05, 0) is 35.2 Å². The molecule has 1 heterocycles. The smallest absolute Gasteiger partial charge is 0.223 e. The number of ether oxygens (including phenoxy) is 1. The molecule has 1 atom stereocenters. The van der Waals surface area contributed by atoms with Gasteiger partial charge in [0, 0.05) is 31.3 Å². The number of nitrogens with one attached hydrogen (secondary N) is 1. The Bertz CT molecular complexity index is 911. The molecule has 1 unspecified atom stereocenters. The van der Waals surface area contributed by atoms with E-state index in [0.717, 1.165) is 28.8 Å². The predicted octanol–water partition coefficient (Wildman–Crippen LogP) is 4.03. The van der Waals surface area contributed by atoms with Gasteiger partial charge in [-0.2, -0.15) is 0 Å². The van der Waals surface area contributed by atoms with Gasteiger partial charge >= 0.3 is 0 Å². The summed E-state index contributed by atoms with van der Waals surface area (Å²) < 4.78 is 18.4. The highest BCUT2D eigenvalue weighted by molar-refractivity contribution is 5.72. The van der Waals surface area contributed by atoms with Crippen LogP contribution >= 0.6 is 0 Å². The van der Waals surface area contributed by atoms with E-state index in [2.05, 4.69) is 22.4 Å². The van der Waals surface area contributed by atoms with Gasteiger partial charge in [0.05, 0.1) is 12.3 Å². The summed E-state index contributed by atoms with van der Waals surface area (Å²) in [6.07, 6.45) is 2.69. The van der Waals surface area contributed by atoms with Crippen LogP contribution in [0.15, 0.2) is 54.7 Å². The maximum atomic E-state index is 13.3. The van der Waals surface area contributed by atoms with E-state index < -0.39 is 0 Å². The number of aromatic nitrogens is 2. The highest BCUT2D eigenvalue weighted by Gasteiger charge is 2.27. The molecular formula is C21H20FN3O. The third-order valence-corrected chi connectivity index (χ3v) is 4.74. The average Bonchev–Trinajstić information content (AvgIpc) is 2.68. The second-order valence-corrected chi connectivity index (χ2v) is 6.38. The van der Waals surface area contributed by atoms with Crippen LogP contribution in [-0.2, 0) is 11.2 Å². The monoisotopic (exact) mass is 349 g/mol. The van der Waals surface area contributed by atoms with Crippen LogP contribution in [0.2, 0.25) is 0 Å². The standard InChI is InChI=1S/C21H20FN3O/c1-26-11-10-23-21-24-13-15-12-19(14-6-8-16(22)9-7-14)17-4-2-3-5-18(17)20(15)25-21/h2-9,13,19H,10-12H2,1H3,(H,23,24,25). The van der Waals surface area contributed by atoms with E-state index in [1.165, 1.54) is 17.7 Å². The first-order valence-corrected chi connectivity index (χ1v) is 8.70. The summed E-state index contributed by atoms with van der Waals surface area (Å²) in [5.74, 6) is 0.569. The summed E-state index contributed by atoms with van der Waals surface area (Å²) in [6.45, 7) is 1.26. The van der Waals surface area contributed by atoms with Crippen molar-refractivity contribution >= 4 is 5.95 Å². The average molecular weight is 349 g/mol. The number of fused-ring (bicyclic) bond motifs is 3. The fourth-order valence-corrected chi connectivity index (χ4v) is 3.48. The van der Waals surface area contributed by atoms with Crippen molar-refractivity contribution in [3.05, 3.63) is 77.2 Å². The summed E-state index contributed by atoms with van der Waals surface area (Å²) >= 11 is 0. The van der Waals surface area contributed by atoms with Gasteiger partial charge in [-0.15, -0.1) is 0 Å². The second kappa shape index (κ2) is 7.22. The number of halogens is 1. The van der Waals surface area contributed by atoms with Crippen LogP contribution in [0.25, 0.3) is 11.3 Å². The highest BCUT2D eigenvalue weighted by Crippen LogP contribution is 2.41. The first-order valence-electron chi connectivity index (χ1n) is 8.70. The van der Waals surface area contributed by atoms with Gasteiger partial charge in [0.25, 0.3) is 0 Å². The summed E-state index contributed by atoms with van der Waals surface area (Å²) in [7, 11) is 1.67. The van der Waals surface area contributed by atoms with E-state index >= 15 is 0 Å². The molecule has 0 saturated heterocycles. The number of anilines is 1. The number of hydrogen-bond acceptors (Lipinski definition) is 4. The van der Waals surface area contributed by atoms with Crippen molar-refractivity contribution < 1.29 is 9.13 Å². The van der Waals surface area contributed by atoms with Crippen LogP contribution < -0.4 is 5.32 Å². The lowest BCUT2D eigenvalue weighted by molar-refractivity contribution is 0.210. The van der Waals surface area contributed by atoms with E-state index in [-0.39, 0.29) is 11.7 Å². The predicted molar refractivity (Wildman–Crippen MR) is 99.8 cm³/mol. The quantitative estimate of drug-likeness (QED) is 0.707. The summed E-state index contributed by atoms with van der Waals surface area (Å²) in [4.78, 5) is 9.17. The van der Waals surface area contributed by atoms with Crippen molar-refractivity contribution in [3.8, 4) is 11.3 Å². The molecule has 1 aromatic heterocycles. The van der Waals surface area contributed by atoms with Crippen LogP contribution in [0.1, 0.15) is 22.6 Å². The summed E-state index contributed by atoms with van der Waals surface area (Å²) in [6, 6.07) is 15.1. The lowest BCUT2D eigenvalue weighted by Gasteiger charge is -2.27. The Morgan fingerprint density at radius 3 is 2.77 bits per heavy atom. The molecule has 2 aromatic carbocycles. The molecule has 3 aromatic rings. The van der Waals surface area contributed by atoms with Crippen LogP contribution in [0.3, 0.4) is 0 Å². The molecule has 1 N–H and O–H groups in total. The zero-order chi connectivity index (χ0) is 17.9. The van der Waals surface area contributed by atoms with Crippen LogP contribution in [0, 0.1) is 5.82 Å². The molecule has 0 radical (unpaired) electrons. The number of methoxy groups -OCH3 is 1. The van der Waals surface area contributed by atoms with Crippen LogP contribution in [0.5, 0.6) is 0 Å². The molecule has 0 saturated carbocycles. The first-order chi connectivity index (χ1) is 12.8. The van der Waals surface area contributed by atoms with Crippen molar-refractivity contribution in [1.82, 2.24) is 9.97 Å². The Labute approximate surface area is 152 Å². The Kier molecular flexibility index (Phi) is 4.63. The molecule has 0 amide bonds. The third kappa shape index (κ3) is 3.18. The Morgan fingerprint density at radius 1 is 1.15 bits per heavy atom. The molecular weight excluding hydrogens is 329 g/mol. The summed E-state index contributed by atoms with van der Waals surface area (Å²) in [5, 5.41) is 3.19. The van der Waals surface area contributed by atoms with Gasteiger partial charge in [-0.1, -0.05) is 36.4 Å². The zero-order valence-corrected chi connectivity index (χ0v) is 14.6. The Morgan fingerprint density at radius 2 is 1.96 bits per heavy atom. The molecule has 5 heteroatoms. The first kappa shape index (κ1) is 16.7. The number of nitrogens with zero attached hydrogens (tertiary/aromatic N) is 2. The van der Waals surface area contributed by atoms with Gasteiger partial charge in [-0.25, -0.2) is 14.4 Å². The van der Waals surface area contributed by atoms with Crippen molar-refractivity contribution in [1.29, 1.82) is 0 Å². The van der Waals surface area contributed by atoms with Crippen molar-refractivity contribution in [2.45, 2.75) is 12.3 Å². The molecule has 1 aliphatic rings. The van der Waals surface area contributed by atoms with E-state index in [1.807, 2.05) is 30.5 Å². The minimum absolute atomic E-state index is 0.176. The molecule has 26 heavy (non-hydrogen) atoms. The van der Waals surface area contributed by atoms with Gasteiger partial charge in [0.15, 0.2) is 0 Å². The zero-order valence-electron chi connectivity index (χ0n) is 14.6. The fraction of sp³-hybridized carbons (Fsp3) is 0.238. The van der Waals surface area contributed by atoms with Gasteiger partial charge in [-0.3, -0.25) is 0 Å². The number of benzene rings is 2. The Balaban J connectivity index is 1.72. The topological polar surface area (TPSA) is 47.0 Å². The van der Waals surface area contributed by atoms with E-state index in [4.69, 9.17) is 9.72 Å². The maximum absolute atomic E-state index is 13.3. The van der Waals surface area contributed by atoms with Crippen LogP contribution in [-0.4, -0.2) is 30.2 Å². The minimum atomic E-state index is -0.214. The Hall–Kier alpha value is -2.79. The van der Waals surface area contributed by atoms with Crippen molar-refractivity contribution in [2.75, 3.05) is 25.6 Å². The van der Waals surface area contributed by atoms with Gasteiger partial charge in [0.1, 0.15) is 5.82 Å². The molecule has 0 aliphatic heterocycles. The summed E-state index contributed by atoms with van der Waals surface area (Å²) in [5.41, 5.74) is 5.50.